The van der Waals surface area contributed by atoms with E-state index in [1.54, 1.807) is 37.7 Å². The number of imidazole rings is 1. The molecule has 0 saturated heterocycles. The van der Waals surface area contributed by atoms with Crippen molar-refractivity contribution in [3.8, 4) is 11.5 Å². The van der Waals surface area contributed by atoms with Gasteiger partial charge in [-0.1, -0.05) is 58.9 Å². The summed E-state index contributed by atoms with van der Waals surface area (Å²) in [5, 5.41) is 1.50. The third-order valence-electron chi connectivity index (χ3n) is 5.15. The number of nitrogens with two attached hydrogens (primary N) is 1. The average Bonchev–Trinajstić information content (AvgIpc) is 3.09. The summed E-state index contributed by atoms with van der Waals surface area (Å²) < 4.78 is 17.3. The normalized spacial score (nSPS) is 10.9. The lowest BCUT2D eigenvalue weighted by atomic mass is 10.2. The van der Waals surface area contributed by atoms with Crippen molar-refractivity contribution in [1.82, 2.24) is 4.57 Å². The topological polar surface area (TPSA) is 53.3 Å². The minimum Gasteiger partial charge on any atom is -1.00 e. The van der Waals surface area contributed by atoms with Crippen LogP contribution >= 0.6 is 91.9 Å². The number of thioether (sulfide) groups is 2. The fourth-order valence-electron chi connectivity index (χ4n) is 3.41. The van der Waals surface area contributed by atoms with Crippen molar-refractivity contribution >= 4 is 109 Å². The van der Waals surface area contributed by atoms with Gasteiger partial charge in [-0.3, -0.25) is 5.73 Å². The van der Waals surface area contributed by atoms with Crippen LogP contribution in [0, 0.1) is 7.14 Å². The molecule has 5 nitrogen and oxygen atoms in total. The molecule has 0 saturated carbocycles. The Labute approximate surface area is 256 Å². The van der Waals surface area contributed by atoms with Crippen molar-refractivity contribution in [3.63, 3.8) is 0 Å². The maximum absolute atomic E-state index is 6.71. The first-order valence-electron chi connectivity index (χ1n) is 9.92. The van der Waals surface area contributed by atoms with E-state index >= 15 is 0 Å². The number of nitrogen functional groups attached to an aromatic ring is 1. The van der Waals surface area contributed by atoms with Crippen molar-refractivity contribution in [3.05, 3.63) is 65.7 Å². The molecule has 0 fully saturated rings. The molecule has 0 aliphatic rings. The summed E-state index contributed by atoms with van der Waals surface area (Å²) in [5.74, 6) is 3.07. The quantitative estimate of drug-likeness (QED) is 0.162. The Morgan fingerprint density at radius 3 is 2.03 bits per heavy atom. The first kappa shape index (κ1) is 29.1. The van der Waals surface area contributed by atoms with Crippen LogP contribution in [0.5, 0.6) is 11.5 Å². The maximum Gasteiger partial charge on any atom is 0.357 e. The van der Waals surface area contributed by atoms with Crippen LogP contribution in [-0.4, -0.2) is 18.8 Å². The predicted molar refractivity (Wildman–Crippen MR) is 160 cm³/mol. The fraction of sp³-hybridized carbons (Fsp3) is 0.174. The SMILES string of the molecule is COc1cc2c(cc1OC)[n+](CSc1cccc(I)c1Cl)c(N)n2CSc1cccc(I)c1Cl.[Cl-]. The van der Waals surface area contributed by atoms with Crippen molar-refractivity contribution in [2.75, 3.05) is 20.0 Å². The van der Waals surface area contributed by atoms with Gasteiger partial charge in [-0.2, -0.15) is 0 Å². The Hall–Kier alpha value is -0.440. The van der Waals surface area contributed by atoms with Crippen LogP contribution in [0.3, 0.4) is 0 Å². The molecular formula is C23H20Cl3I2N3O2S2. The van der Waals surface area contributed by atoms with Gasteiger partial charge < -0.3 is 21.9 Å². The maximum atomic E-state index is 6.71. The molecule has 4 rings (SSSR count). The number of benzene rings is 3. The van der Waals surface area contributed by atoms with Gasteiger partial charge in [0, 0.05) is 29.1 Å². The minimum absolute atomic E-state index is 0. The van der Waals surface area contributed by atoms with Crippen LogP contribution in [-0.2, 0) is 11.8 Å². The molecule has 186 valence electrons. The molecule has 0 spiro atoms. The lowest BCUT2D eigenvalue weighted by Gasteiger charge is -2.08. The van der Waals surface area contributed by atoms with Crippen molar-refractivity contribution in [2.45, 2.75) is 21.5 Å². The standard InChI is InChI=1S/C23H19Cl2I2N3O2S2.ClH/c1-31-17-9-15-16(10-18(17)32-2)30(12-34-20-8-4-6-14(27)22(20)25)23(28)29(15)11-33-19-7-3-5-13(26)21(19)24;/h3-10,28H,11-12H2,1-2H3;1H. The predicted octanol–water partition coefficient (Wildman–Crippen LogP) is 4.55. The molecule has 4 aromatic rings. The van der Waals surface area contributed by atoms with Gasteiger partial charge in [0.15, 0.2) is 11.5 Å². The number of hydrogen-bond acceptors (Lipinski definition) is 5. The number of ether oxygens (including phenoxy) is 2. The average molecular weight is 795 g/mol. The van der Waals surface area contributed by atoms with E-state index in [4.69, 9.17) is 38.4 Å². The molecule has 0 atom stereocenters. The fourth-order valence-corrected chi connectivity index (χ4v) is 7.26. The summed E-state index contributed by atoms with van der Waals surface area (Å²) in [5.41, 5.74) is 8.60. The zero-order chi connectivity index (χ0) is 24.4. The second-order valence-corrected chi connectivity index (χ2v) is 12.1. The number of aromatic nitrogens is 2. The number of anilines is 1. The number of nitrogens with zero attached hydrogens (tertiary/aromatic N) is 2. The molecule has 0 radical (unpaired) electrons. The highest BCUT2D eigenvalue weighted by molar-refractivity contribution is 14.1. The lowest BCUT2D eigenvalue weighted by Crippen LogP contribution is -3.00. The number of methoxy groups -OCH3 is 2. The number of hydrogen-bond donors (Lipinski definition) is 1. The van der Waals surface area contributed by atoms with Crippen molar-refractivity contribution < 1.29 is 26.4 Å². The first-order valence-corrected chi connectivity index (χ1v) is 14.8. The van der Waals surface area contributed by atoms with E-state index < -0.39 is 0 Å². The highest BCUT2D eigenvalue weighted by Crippen LogP contribution is 2.37. The van der Waals surface area contributed by atoms with E-state index in [0.717, 1.165) is 38.0 Å². The number of fused-ring (bicyclic) bond motifs is 1. The molecule has 0 aliphatic heterocycles. The van der Waals surface area contributed by atoms with Gasteiger partial charge in [0.25, 0.3) is 0 Å². The van der Waals surface area contributed by atoms with Crippen LogP contribution in [0.25, 0.3) is 11.0 Å². The molecule has 12 heteroatoms. The second kappa shape index (κ2) is 12.9. The summed E-state index contributed by atoms with van der Waals surface area (Å²) in [6.07, 6.45) is 0. The van der Waals surface area contributed by atoms with Crippen molar-refractivity contribution in [2.24, 2.45) is 0 Å². The summed E-state index contributed by atoms with van der Waals surface area (Å²) in [4.78, 5) is 2.00. The third kappa shape index (κ3) is 6.18. The van der Waals surface area contributed by atoms with Gasteiger partial charge in [-0.05, 0) is 69.4 Å². The molecule has 1 aromatic heterocycles. The van der Waals surface area contributed by atoms with Gasteiger partial charge in [0.05, 0.1) is 24.3 Å². The Morgan fingerprint density at radius 1 is 0.914 bits per heavy atom. The molecule has 35 heavy (non-hydrogen) atoms. The van der Waals surface area contributed by atoms with Crippen LogP contribution in [0.4, 0.5) is 5.95 Å². The third-order valence-corrected chi connectivity index (χ3v) is 10.7. The molecule has 0 amide bonds. The summed E-state index contributed by atoms with van der Waals surface area (Å²) >= 11 is 20.8. The summed E-state index contributed by atoms with van der Waals surface area (Å²) in [6.45, 7) is 0. The lowest BCUT2D eigenvalue weighted by molar-refractivity contribution is -0.635. The molecule has 0 unspecified atom stereocenters. The van der Waals surface area contributed by atoms with Crippen LogP contribution in [0.2, 0.25) is 10.0 Å². The van der Waals surface area contributed by atoms with E-state index in [1.807, 2.05) is 48.5 Å². The monoisotopic (exact) mass is 793 g/mol. The van der Waals surface area contributed by atoms with Gasteiger partial charge in [-0.25, -0.2) is 9.13 Å². The highest BCUT2D eigenvalue weighted by atomic mass is 127. The Bertz CT molecular complexity index is 1270. The van der Waals surface area contributed by atoms with E-state index in [1.165, 1.54) is 0 Å². The molecule has 1 heterocycles. The Morgan fingerprint density at radius 2 is 1.46 bits per heavy atom. The summed E-state index contributed by atoms with van der Waals surface area (Å²) in [7, 11) is 3.26. The Balaban J connectivity index is 0.00000342. The number of halogens is 5. The number of rotatable bonds is 8. The largest absolute Gasteiger partial charge is 1.00 e. The van der Waals surface area contributed by atoms with Crippen LogP contribution in [0.1, 0.15) is 0 Å². The highest BCUT2D eigenvalue weighted by Gasteiger charge is 2.25. The van der Waals surface area contributed by atoms with E-state index in [9.17, 15) is 0 Å². The van der Waals surface area contributed by atoms with E-state index in [0.29, 0.717) is 29.2 Å². The first-order chi connectivity index (χ1) is 16.3. The molecule has 0 aliphatic carbocycles. The van der Waals surface area contributed by atoms with Gasteiger partial charge in [-0.15, -0.1) is 0 Å². The second-order valence-electron chi connectivity index (χ2n) is 7.06. The molecular weight excluding hydrogens is 775 g/mol. The van der Waals surface area contributed by atoms with E-state index in [2.05, 4.69) is 54.3 Å². The molecule has 0 bridgehead atoms. The van der Waals surface area contributed by atoms with Crippen LogP contribution in [0.15, 0.2) is 58.3 Å². The van der Waals surface area contributed by atoms with Crippen LogP contribution < -0.4 is 32.2 Å². The smallest absolute Gasteiger partial charge is 0.357 e. The zero-order valence-corrected chi connectivity index (χ0v) is 26.7. The summed E-state index contributed by atoms with van der Waals surface area (Å²) in [6, 6.07) is 15.9. The van der Waals surface area contributed by atoms with Gasteiger partial charge in [0.2, 0.25) is 0 Å². The van der Waals surface area contributed by atoms with Crippen molar-refractivity contribution in [1.29, 1.82) is 0 Å². The molecule has 2 N–H and O–H groups in total. The van der Waals surface area contributed by atoms with Gasteiger partial charge in [0.1, 0.15) is 22.8 Å². The zero-order valence-electron chi connectivity index (χ0n) is 18.5. The van der Waals surface area contributed by atoms with E-state index in [-0.39, 0.29) is 12.4 Å². The van der Waals surface area contributed by atoms with Gasteiger partial charge >= 0.3 is 5.95 Å². The Kier molecular flexibility index (Phi) is 10.7. The minimum atomic E-state index is 0. The molecule has 3 aromatic carbocycles.